The van der Waals surface area contributed by atoms with Crippen LogP contribution in [0.3, 0.4) is 0 Å². The second-order valence-electron chi connectivity index (χ2n) is 7.57. The molecule has 0 saturated carbocycles. The molecule has 2 saturated heterocycles. The number of imide groups is 1. The summed E-state index contributed by atoms with van der Waals surface area (Å²) in [6, 6.07) is 3.36. The van der Waals surface area contributed by atoms with Gasteiger partial charge in [0.25, 0.3) is 5.91 Å². The van der Waals surface area contributed by atoms with Gasteiger partial charge in [0.15, 0.2) is 11.6 Å². The van der Waals surface area contributed by atoms with Crippen molar-refractivity contribution in [2.75, 3.05) is 19.6 Å². The van der Waals surface area contributed by atoms with Crippen LogP contribution in [-0.2, 0) is 16.0 Å². The zero-order valence-corrected chi connectivity index (χ0v) is 15.4. The number of benzene rings is 1. The van der Waals surface area contributed by atoms with Crippen molar-refractivity contribution in [3.8, 4) is 0 Å². The molecule has 1 spiro atoms. The van der Waals surface area contributed by atoms with Gasteiger partial charge in [-0.15, -0.1) is 0 Å². The molecule has 2 aliphatic rings. The first-order valence-electron chi connectivity index (χ1n) is 9.08. The van der Waals surface area contributed by atoms with Gasteiger partial charge >= 0.3 is 6.03 Å². The molecule has 0 aliphatic carbocycles. The summed E-state index contributed by atoms with van der Waals surface area (Å²) in [5.74, 6) is -2.44. The van der Waals surface area contributed by atoms with Crippen LogP contribution in [0.15, 0.2) is 18.2 Å². The minimum absolute atomic E-state index is 0.00973. The lowest BCUT2D eigenvalue weighted by atomic mass is 9.85. The van der Waals surface area contributed by atoms with E-state index in [1.165, 1.54) is 12.1 Å². The minimum atomic E-state index is -1.01. The summed E-state index contributed by atoms with van der Waals surface area (Å²) in [7, 11) is 0. The number of piperidine rings is 1. The number of hydrogen-bond donors (Lipinski definition) is 1. The van der Waals surface area contributed by atoms with Crippen molar-refractivity contribution in [3.63, 3.8) is 0 Å². The maximum absolute atomic E-state index is 13.8. The number of urea groups is 1. The van der Waals surface area contributed by atoms with E-state index >= 15 is 0 Å². The molecule has 6 nitrogen and oxygen atoms in total. The Balaban J connectivity index is 1.69. The predicted molar refractivity (Wildman–Crippen MR) is 93.7 cm³/mol. The number of hydrogen-bond acceptors (Lipinski definition) is 3. The average molecular weight is 379 g/mol. The Bertz CT molecular complexity index is 773. The molecule has 2 heterocycles. The normalized spacial score (nSPS) is 19.1. The molecule has 0 aromatic heterocycles. The first kappa shape index (κ1) is 19.3. The molecule has 2 aliphatic heterocycles. The van der Waals surface area contributed by atoms with Crippen LogP contribution < -0.4 is 5.32 Å². The molecule has 0 atom stereocenters. The monoisotopic (exact) mass is 379 g/mol. The number of nitrogens with one attached hydrogen (secondary N) is 1. The van der Waals surface area contributed by atoms with Gasteiger partial charge in [0.05, 0.1) is 6.42 Å². The summed E-state index contributed by atoms with van der Waals surface area (Å²) in [4.78, 5) is 40.2. The van der Waals surface area contributed by atoms with E-state index in [0.717, 1.165) is 6.07 Å². The van der Waals surface area contributed by atoms with Crippen LogP contribution in [0, 0.1) is 17.6 Å². The Labute approximate surface area is 156 Å². The Hall–Kier alpha value is -2.51. The first-order chi connectivity index (χ1) is 12.7. The molecule has 4 amide bonds. The Morgan fingerprint density at radius 2 is 1.89 bits per heavy atom. The molecule has 0 bridgehead atoms. The van der Waals surface area contributed by atoms with Crippen LogP contribution >= 0.6 is 0 Å². The molecule has 0 radical (unpaired) electrons. The van der Waals surface area contributed by atoms with Gasteiger partial charge in [-0.3, -0.25) is 14.9 Å². The quantitative estimate of drug-likeness (QED) is 0.815. The predicted octanol–water partition coefficient (Wildman–Crippen LogP) is 2.08. The van der Waals surface area contributed by atoms with Crippen molar-refractivity contribution >= 4 is 17.8 Å². The summed E-state index contributed by atoms with van der Waals surface area (Å²) in [6.45, 7) is 4.96. The summed E-state index contributed by atoms with van der Waals surface area (Å²) < 4.78 is 27.1. The van der Waals surface area contributed by atoms with Crippen LogP contribution in [0.2, 0.25) is 0 Å². The highest BCUT2D eigenvalue weighted by Crippen LogP contribution is 2.34. The highest BCUT2D eigenvalue weighted by atomic mass is 19.2. The highest BCUT2D eigenvalue weighted by Gasteiger charge is 2.54. The van der Waals surface area contributed by atoms with E-state index in [-0.39, 0.29) is 42.8 Å². The van der Waals surface area contributed by atoms with Crippen LogP contribution in [0.5, 0.6) is 0 Å². The third-order valence-corrected chi connectivity index (χ3v) is 5.27. The standard InChI is InChI=1S/C19H23F2N3O3/c1-12(2)11-24-18(27)22-17(26)19(24)6-8-23(9-7-19)15(25)10-13-4-3-5-14(20)16(13)21/h3-5,12H,6-11H2,1-2H3,(H,22,26,27). The van der Waals surface area contributed by atoms with Gasteiger partial charge in [0, 0.05) is 25.2 Å². The van der Waals surface area contributed by atoms with Gasteiger partial charge in [-0.2, -0.15) is 0 Å². The first-order valence-corrected chi connectivity index (χ1v) is 9.08. The zero-order chi connectivity index (χ0) is 19.8. The maximum atomic E-state index is 13.8. The van der Waals surface area contributed by atoms with E-state index in [2.05, 4.69) is 5.32 Å². The molecule has 3 rings (SSSR count). The van der Waals surface area contributed by atoms with Crippen molar-refractivity contribution in [3.05, 3.63) is 35.4 Å². The Kier molecular flexibility index (Phi) is 5.17. The summed E-state index contributed by atoms with van der Waals surface area (Å²) >= 11 is 0. The maximum Gasteiger partial charge on any atom is 0.325 e. The van der Waals surface area contributed by atoms with Crippen LogP contribution in [-0.4, -0.2) is 52.8 Å². The topological polar surface area (TPSA) is 69.7 Å². The number of amides is 4. The molecule has 2 fully saturated rings. The second kappa shape index (κ2) is 7.25. The Morgan fingerprint density at radius 1 is 1.22 bits per heavy atom. The fourth-order valence-electron chi connectivity index (χ4n) is 3.80. The molecule has 0 unspecified atom stereocenters. The average Bonchev–Trinajstić information content (AvgIpc) is 2.83. The van der Waals surface area contributed by atoms with Gasteiger partial charge in [-0.25, -0.2) is 13.6 Å². The smallest absolute Gasteiger partial charge is 0.325 e. The van der Waals surface area contributed by atoms with E-state index in [1.807, 2.05) is 13.8 Å². The Morgan fingerprint density at radius 3 is 2.52 bits per heavy atom. The van der Waals surface area contributed by atoms with Crippen LogP contribution in [0.25, 0.3) is 0 Å². The van der Waals surface area contributed by atoms with Crippen molar-refractivity contribution in [2.24, 2.45) is 5.92 Å². The number of rotatable bonds is 4. The van der Waals surface area contributed by atoms with E-state index in [4.69, 9.17) is 0 Å². The van der Waals surface area contributed by atoms with E-state index in [1.54, 1.807) is 9.80 Å². The van der Waals surface area contributed by atoms with E-state index in [9.17, 15) is 23.2 Å². The highest BCUT2D eigenvalue weighted by molar-refractivity contribution is 6.07. The van der Waals surface area contributed by atoms with Crippen molar-refractivity contribution in [2.45, 2.75) is 38.6 Å². The van der Waals surface area contributed by atoms with Crippen molar-refractivity contribution < 1.29 is 23.2 Å². The SMILES string of the molecule is CC(C)CN1C(=O)NC(=O)C12CCN(C(=O)Cc1cccc(F)c1F)CC2. The molecule has 1 aromatic carbocycles. The summed E-state index contributed by atoms with van der Waals surface area (Å²) in [5.41, 5.74) is -0.919. The minimum Gasteiger partial charge on any atom is -0.342 e. The molecular formula is C19H23F2N3O3. The zero-order valence-electron chi connectivity index (χ0n) is 15.4. The van der Waals surface area contributed by atoms with Gasteiger partial charge < -0.3 is 9.80 Å². The van der Waals surface area contributed by atoms with Crippen LogP contribution in [0.4, 0.5) is 13.6 Å². The lowest BCUT2D eigenvalue weighted by molar-refractivity contribution is -0.137. The molecule has 1 N–H and O–H groups in total. The molecule has 146 valence electrons. The molecular weight excluding hydrogens is 356 g/mol. The van der Waals surface area contributed by atoms with Gasteiger partial charge in [0.1, 0.15) is 5.54 Å². The van der Waals surface area contributed by atoms with E-state index in [0.29, 0.717) is 19.4 Å². The number of carbonyl (C=O) groups is 3. The van der Waals surface area contributed by atoms with Crippen molar-refractivity contribution in [1.29, 1.82) is 0 Å². The van der Waals surface area contributed by atoms with Gasteiger partial charge in [0.2, 0.25) is 5.91 Å². The van der Waals surface area contributed by atoms with Gasteiger partial charge in [-0.1, -0.05) is 26.0 Å². The number of nitrogens with zero attached hydrogens (tertiary/aromatic N) is 2. The lowest BCUT2D eigenvalue weighted by Gasteiger charge is -2.42. The van der Waals surface area contributed by atoms with Crippen LogP contribution in [0.1, 0.15) is 32.3 Å². The third kappa shape index (κ3) is 3.52. The molecule has 8 heteroatoms. The molecule has 27 heavy (non-hydrogen) atoms. The second-order valence-corrected chi connectivity index (χ2v) is 7.57. The van der Waals surface area contributed by atoms with Crippen molar-refractivity contribution in [1.82, 2.24) is 15.1 Å². The fourth-order valence-corrected chi connectivity index (χ4v) is 3.80. The lowest BCUT2D eigenvalue weighted by Crippen LogP contribution is -2.58. The number of carbonyl (C=O) groups excluding carboxylic acids is 3. The largest absolute Gasteiger partial charge is 0.342 e. The van der Waals surface area contributed by atoms with E-state index < -0.39 is 23.2 Å². The number of likely N-dealkylation sites (tertiary alicyclic amines) is 1. The third-order valence-electron chi connectivity index (χ3n) is 5.27. The number of halogens is 2. The molecule has 1 aromatic rings. The fraction of sp³-hybridized carbons (Fsp3) is 0.526. The summed E-state index contributed by atoms with van der Waals surface area (Å²) in [6.07, 6.45) is 0.417. The van der Waals surface area contributed by atoms with Gasteiger partial charge in [-0.05, 0) is 24.8 Å². The summed E-state index contributed by atoms with van der Waals surface area (Å²) in [5, 5.41) is 2.38.